The van der Waals surface area contributed by atoms with Gasteiger partial charge in [0.2, 0.25) is 0 Å². The van der Waals surface area contributed by atoms with Crippen molar-refractivity contribution in [1.82, 2.24) is 9.97 Å². The molecule has 5 nitrogen and oxygen atoms in total. The minimum Gasteiger partial charge on any atom is -0.337 e. The van der Waals surface area contributed by atoms with Crippen molar-refractivity contribution in [2.45, 2.75) is 75.4 Å². The molecule has 4 bridgehead atoms. The molecule has 0 radical (unpaired) electrons. The number of benzene rings is 4. The predicted octanol–water partition coefficient (Wildman–Crippen LogP) is 9.04. The first kappa shape index (κ1) is 27.7. The molecule has 0 spiro atoms. The Bertz CT molecular complexity index is 1930. The fourth-order valence-electron chi connectivity index (χ4n) is 9.33. The van der Waals surface area contributed by atoms with Crippen molar-refractivity contribution >= 4 is 28.6 Å². The first-order valence-electron chi connectivity index (χ1n) is 17.0. The lowest BCUT2D eigenvalue weighted by Gasteiger charge is -2.43. The van der Waals surface area contributed by atoms with Gasteiger partial charge in [-0.2, -0.15) is 0 Å². The van der Waals surface area contributed by atoms with Crippen molar-refractivity contribution in [2.24, 2.45) is 0 Å². The number of para-hydroxylation sites is 3. The van der Waals surface area contributed by atoms with Gasteiger partial charge >= 0.3 is 0 Å². The molecule has 5 heteroatoms. The molecule has 4 aromatic carbocycles. The number of hydrogen-bond donors (Lipinski definition) is 0. The number of aryl methyl sites for hydroxylation is 1. The van der Waals surface area contributed by atoms with E-state index >= 15 is 0 Å². The maximum absolute atomic E-state index is 4.76. The Labute approximate surface area is 272 Å². The molecule has 5 aromatic rings. The molecule has 0 aliphatic carbocycles. The monoisotopic (exact) mass is 603 g/mol. The van der Waals surface area contributed by atoms with Gasteiger partial charge in [-0.05, 0) is 83.5 Å². The summed E-state index contributed by atoms with van der Waals surface area (Å²) in [6.45, 7) is 4.84. The van der Waals surface area contributed by atoms with Crippen LogP contribution < -0.4 is 14.7 Å². The number of aromatic nitrogens is 2. The third kappa shape index (κ3) is 4.00. The summed E-state index contributed by atoms with van der Waals surface area (Å²) in [5, 5.41) is 0. The molecule has 5 atom stereocenters. The lowest BCUT2D eigenvalue weighted by molar-refractivity contribution is 0.412. The van der Waals surface area contributed by atoms with Gasteiger partial charge in [0.1, 0.15) is 18.2 Å². The predicted molar refractivity (Wildman–Crippen MR) is 188 cm³/mol. The molecule has 10 rings (SSSR count). The van der Waals surface area contributed by atoms with E-state index in [0.717, 1.165) is 43.6 Å². The van der Waals surface area contributed by atoms with Gasteiger partial charge in [-0.3, -0.25) is 0 Å². The molecule has 46 heavy (non-hydrogen) atoms. The molecular weight excluding hydrogens is 562 g/mol. The van der Waals surface area contributed by atoms with Gasteiger partial charge in [0.25, 0.3) is 0 Å². The highest BCUT2D eigenvalue weighted by atomic mass is 15.5. The molecular formula is C41H41N5. The largest absolute Gasteiger partial charge is 0.337 e. The molecule has 0 amide bonds. The van der Waals surface area contributed by atoms with Crippen LogP contribution in [0.3, 0.4) is 0 Å². The average Bonchev–Trinajstić information content (AvgIpc) is 3.51. The Morgan fingerprint density at radius 3 is 2.37 bits per heavy atom. The third-order valence-electron chi connectivity index (χ3n) is 11.7. The number of likely N-dealkylation sites (N-methyl/N-ethyl adjacent to an activating group) is 1. The van der Waals surface area contributed by atoms with Crippen molar-refractivity contribution in [2.75, 3.05) is 21.7 Å². The van der Waals surface area contributed by atoms with E-state index in [1.807, 2.05) is 6.20 Å². The van der Waals surface area contributed by atoms with Crippen LogP contribution in [0.2, 0.25) is 0 Å². The van der Waals surface area contributed by atoms with Crippen molar-refractivity contribution in [3.8, 4) is 0 Å². The fourth-order valence-corrected chi connectivity index (χ4v) is 9.33. The summed E-state index contributed by atoms with van der Waals surface area (Å²) in [5.74, 6) is 1.67. The van der Waals surface area contributed by atoms with Crippen LogP contribution in [0.25, 0.3) is 0 Å². The lowest BCUT2D eigenvalue weighted by Crippen LogP contribution is -2.44. The van der Waals surface area contributed by atoms with Crippen molar-refractivity contribution in [1.29, 1.82) is 0 Å². The van der Waals surface area contributed by atoms with E-state index in [9.17, 15) is 0 Å². The van der Waals surface area contributed by atoms with Crippen LogP contribution in [0.5, 0.6) is 0 Å². The minimum atomic E-state index is 0.00643. The summed E-state index contributed by atoms with van der Waals surface area (Å²) in [7, 11) is 2.22. The Hall–Kier alpha value is -4.64. The van der Waals surface area contributed by atoms with Crippen LogP contribution >= 0.6 is 0 Å². The fraction of sp³-hybridized carbons (Fsp3) is 0.317. The summed E-state index contributed by atoms with van der Waals surface area (Å²) in [6, 6.07) is 37.6. The Morgan fingerprint density at radius 2 is 1.54 bits per heavy atom. The molecule has 230 valence electrons. The Balaban J connectivity index is 1.28. The lowest BCUT2D eigenvalue weighted by atomic mass is 9.74. The summed E-state index contributed by atoms with van der Waals surface area (Å²) >= 11 is 0. The van der Waals surface area contributed by atoms with Gasteiger partial charge in [-0.1, -0.05) is 92.7 Å². The van der Waals surface area contributed by atoms with Gasteiger partial charge < -0.3 is 14.7 Å². The van der Waals surface area contributed by atoms with E-state index in [4.69, 9.17) is 4.98 Å². The van der Waals surface area contributed by atoms with Crippen molar-refractivity contribution in [3.05, 3.63) is 137 Å². The maximum Gasteiger partial charge on any atom is 0.157 e. The molecule has 1 aromatic heterocycles. The molecule has 0 N–H and O–H groups in total. The SMILES string of the molecule is CCC1(C)Cc2ccc(cc2)C2CCc3ccccc3N(c3ccccc31)C2CC1c2ccccc2N2c3cncnc3N(C)C12. The highest BCUT2D eigenvalue weighted by Gasteiger charge is 2.50. The van der Waals surface area contributed by atoms with Gasteiger partial charge in [-0.15, -0.1) is 0 Å². The molecule has 5 unspecified atom stereocenters. The van der Waals surface area contributed by atoms with Crippen LogP contribution in [0.4, 0.5) is 28.6 Å². The maximum atomic E-state index is 4.76. The first-order valence-corrected chi connectivity index (χ1v) is 17.0. The topological polar surface area (TPSA) is 35.5 Å². The van der Waals surface area contributed by atoms with Crippen molar-refractivity contribution < 1.29 is 0 Å². The number of anilines is 5. The van der Waals surface area contributed by atoms with Gasteiger partial charge in [0.05, 0.1) is 6.20 Å². The second-order valence-electron chi connectivity index (χ2n) is 14.1. The summed E-state index contributed by atoms with van der Waals surface area (Å²) in [6.07, 6.45) is 9.14. The van der Waals surface area contributed by atoms with E-state index in [0.29, 0.717) is 5.92 Å². The molecule has 0 fully saturated rings. The summed E-state index contributed by atoms with van der Waals surface area (Å²) in [5.41, 5.74) is 12.4. The van der Waals surface area contributed by atoms with Crippen LogP contribution in [0.1, 0.15) is 72.8 Å². The highest BCUT2D eigenvalue weighted by molar-refractivity contribution is 5.85. The standard InChI is InChI=1S/C41H41N5/c1-4-41(2)24-27-17-19-28(20-18-27)30-22-21-29-11-5-8-14-34(29)45(36-16-10-7-13-33(36)41)37(30)23-32-31-12-6-9-15-35(31)46-38-25-42-26-43-39(38)44(3)40(32)46/h5-20,25-26,30,32,37,40H,4,21-24H2,1-3H3. The smallest absolute Gasteiger partial charge is 0.157 e. The number of rotatable bonds is 3. The zero-order chi connectivity index (χ0) is 31.0. The quantitative estimate of drug-likeness (QED) is 0.206. The van der Waals surface area contributed by atoms with E-state index in [-0.39, 0.29) is 23.5 Å². The molecule has 6 heterocycles. The van der Waals surface area contributed by atoms with E-state index in [2.05, 4.69) is 138 Å². The van der Waals surface area contributed by atoms with E-state index in [1.54, 1.807) is 6.33 Å². The van der Waals surface area contributed by atoms with Gasteiger partial charge in [0, 0.05) is 42.0 Å². The second-order valence-corrected chi connectivity index (χ2v) is 14.1. The van der Waals surface area contributed by atoms with Crippen LogP contribution in [-0.4, -0.2) is 29.2 Å². The number of nitrogens with zero attached hydrogens (tertiary/aromatic N) is 5. The van der Waals surface area contributed by atoms with E-state index < -0.39 is 0 Å². The first-order chi connectivity index (χ1) is 22.6. The van der Waals surface area contributed by atoms with Crippen LogP contribution in [0, 0.1) is 0 Å². The van der Waals surface area contributed by atoms with Crippen LogP contribution in [0.15, 0.2) is 110 Å². The van der Waals surface area contributed by atoms with Gasteiger partial charge in [-0.25, -0.2) is 9.97 Å². The summed E-state index contributed by atoms with van der Waals surface area (Å²) < 4.78 is 0. The molecule has 5 aliphatic heterocycles. The minimum absolute atomic E-state index is 0.00643. The number of fused-ring (bicyclic) bond motifs is 9. The average molecular weight is 604 g/mol. The molecule has 0 saturated heterocycles. The Morgan fingerprint density at radius 1 is 0.804 bits per heavy atom. The zero-order valence-corrected chi connectivity index (χ0v) is 27.0. The van der Waals surface area contributed by atoms with Crippen molar-refractivity contribution in [3.63, 3.8) is 0 Å². The normalized spacial score (nSPS) is 25.6. The summed E-state index contributed by atoms with van der Waals surface area (Å²) in [4.78, 5) is 16.9. The van der Waals surface area contributed by atoms with E-state index in [1.165, 1.54) is 44.9 Å². The molecule has 0 saturated carbocycles. The zero-order valence-electron chi connectivity index (χ0n) is 27.0. The van der Waals surface area contributed by atoms with Gasteiger partial charge in [0.15, 0.2) is 5.82 Å². The highest BCUT2D eigenvalue weighted by Crippen LogP contribution is 2.57. The second kappa shape index (κ2) is 10.4. The third-order valence-corrected chi connectivity index (χ3v) is 11.7. The number of hydrogen-bond acceptors (Lipinski definition) is 5. The van der Waals surface area contributed by atoms with Crippen LogP contribution in [-0.2, 0) is 18.3 Å². The Kier molecular flexibility index (Phi) is 6.28. The molecule has 5 aliphatic rings.